The number of amides is 1. The number of carboxylic acid groups (broad SMARTS) is 1. The highest BCUT2D eigenvalue weighted by atomic mass is 16.4. The summed E-state index contributed by atoms with van der Waals surface area (Å²) in [6.07, 6.45) is 3.84. The number of carboxylic acids is 1. The van der Waals surface area contributed by atoms with E-state index < -0.39 is 5.97 Å². The Kier molecular flexibility index (Phi) is 5.90. The van der Waals surface area contributed by atoms with Gasteiger partial charge in [0.05, 0.1) is 0 Å². The number of nitrogens with zero attached hydrogens (tertiary/aromatic N) is 1. The topological polar surface area (TPSA) is 74.7 Å². The maximum Gasteiger partial charge on any atom is 0.303 e. The van der Waals surface area contributed by atoms with Crippen LogP contribution in [0.4, 0.5) is 0 Å². The molecule has 1 aromatic carbocycles. The molecule has 0 radical (unpaired) electrons. The van der Waals surface area contributed by atoms with Crippen molar-refractivity contribution in [2.75, 3.05) is 6.54 Å². The highest BCUT2D eigenvalue weighted by Crippen LogP contribution is 2.23. The number of carbonyl (C=O) groups is 3. The third kappa shape index (κ3) is 4.41. The zero-order valence-electron chi connectivity index (χ0n) is 13.5. The van der Waals surface area contributed by atoms with E-state index in [-0.39, 0.29) is 24.2 Å². The Morgan fingerprint density at radius 1 is 1.13 bits per heavy atom. The fourth-order valence-electron chi connectivity index (χ4n) is 3.03. The van der Waals surface area contributed by atoms with Gasteiger partial charge in [-0.1, -0.05) is 19.1 Å². The summed E-state index contributed by atoms with van der Waals surface area (Å²) in [6, 6.07) is 6.75. The normalized spacial score (nSPS) is 17.8. The number of piperidine rings is 1. The first-order valence-corrected chi connectivity index (χ1v) is 8.19. The molecule has 0 aliphatic carbocycles. The first-order chi connectivity index (χ1) is 11.0. The Morgan fingerprint density at radius 2 is 1.78 bits per heavy atom. The number of rotatable bonds is 6. The third-order valence-corrected chi connectivity index (χ3v) is 4.35. The van der Waals surface area contributed by atoms with E-state index in [9.17, 15) is 14.4 Å². The quantitative estimate of drug-likeness (QED) is 0.818. The van der Waals surface area contributed by atoms with Crippen LogP contribution in [0.15, 0.2) is 24.3 Å². The number of carbonyl (C=O) groups excluding carboxylic acids is 2. The molecule has 1 N–H and O–H groups in total. The average Bonchev–Trinajstić information content (AvgIpc) is 2.59. The van der Waals surface area contributed by atoms with Gasteiger partial charge in [0.2, 0.25) is 0 Å². The summed E-state index contributed by atoms with van der Waals surface area (Å²) in [5.41, 5.74) is 1.17. The van der Waals surface area contributed by atoms with Gasteiger partial charge in [0, 0.05) is 36.6 Å². The Bertz CT molecular complexity index is 579. The van der Waals surface area contributed by atoms with E-state index in [0.29, 0.717) is 30.5 Å². The molecule has 5 heteroatoms. The molecular formula is C18H23NO4. The molecule has 1 aliphatic heterocycles. The average molecular weight is 317 g/mol. The number of hydrogen-bond acceptors (Lipinski definition) is 3. The maximum atomic E-state index is 12.7. The first-order valence-electron chi connectivity index (χ1n) is 8.19. The van der Waals surface area contributed by atoms with Crippen molar-refractivity contribution in [3.63, 3.8) is 0 Å². The largest absolute Gasteiger partial charge is 0.481 e. The smallest absolute Gasteiger partial charge is 0.303 e. The number of aliphatic carboxylic acids is 1. The van der Waals surface area contributed by atoms with Crippen molar-refractivity contribution < 1.29 is 19.5 Å². The number of likely N-dealkylation sites (tertiary alicyclic amines) is 1. The lowest BCUT2D eigenvalue weighted by Gasteiger charge is -2.35. The van der Waals surface area contributed by atoms with Gasteiger partial charge in [-0.25, -0.2) is 0 Å². The second-order valence-electron chi connectivity index (χ2n) is 5.93. The molecule has 5 nitrogen and oxygen atoms in total. The molecule has 0 spiro atoms. The van der Waals surface area contributed by atoms with Crippen LogP contribution in [0.3, 0.4) is 0 Å². The highest BCUT2D eigenvalue weighted by molar-refractivity contribution is 5.98. The molecule has 1 atom stereocenters. The monoisotopic (exact) mass is 317 g/mol. The predicted molar refractivity (Wildman–Crippen MR) is 86.6 cm³/mol. The lowest BCUT2D eigenvalue weighted by Crippen LogP contribution is -2.44. The second-order valence-corrected chi connectivity index (χ2v) is 5.93. The molecule has 2 rings (SSSR count). The molecule has 1 fully saturated rings. The summed E-state index contributed by atoms with van der Waals surface area (Å²) in [7, 11) is 0. The van der Waals surface area contributed by atoms with Crippen LogP contribution in [0.5, 0.6) is 0 Å². The Hall–Kier alpha value is -2.17. The zero-order chi connectivity index (χ0) is 16.8. The van der Waals surface area contributed by atoms with Crippen molar-refractivity contribution in [2.24, 2.45) is 0 Å². The van der Waals surface area contributed by atoms with Gasteiger partial charge >= 0.3 is 5.97 Å². The van der Waals surface area contributed by atoms with Crippen LogP contribution in [0.2, 0.25) is 0 Å². The van der Waals surface area contributed by atoms with Crippen molar-refractivity contribution in [1.29, 1.82) is 0 Å². The van der Waals surface area contributed by atoms with Crippen LogP contribution >= 0.6 is 0 Å². The van der Waals surface area contributed by atoms with E-state index in [0.717, 1.165) is 19.3 Å². The minimum Gasteiger partial charge on any atom is -0.481 e. The SMILES string of the molecule is CCC(=O)c1ccc(C(=O)N2CCCCC2CCC(=O)O)cc1. The van der Waals surface area contributed by atoms with E-state index in [1.54, 1.807) is 29.2 Å². The zero-order valence-corrected chi connectivity index (χ0v) is 13.5. The van der Waals surface area contributed by atoms with Crippen molar-refractivity contribution in [2.45, 2.75) is 51.5 Å². The van der Waals surface area contributed by atoms with Gasteiger partial charge in [0.25, 0.3) is 5.91 Å². The van der Waals surface area contributed by atoms with E-state index in [2.05, 4.69) is 0 Å². The molecule has 1 aromatic rings. The second kappa shape index (κ2) is 7.90. The minimum atomic E-state index is -0.828. The first kappa shape index (κ1) is 17.2. The summed E-state index contributed by atoms with van der Waals surface area (Å²) in [4.78, 5) is 36.9. The van der Waals surface area contributed by atoms with Gasteiger partial charge < -0.3 is 10.0 Å². The van der Waals surface area contributed by atoms with Crippen molar-refractivity contribution >= 4 is 17.7 Å². The van der Waals surface area contributed by atoms with Gasteiger partial charge in [0.1, 0.15) is 0 Å². The third-order valence-electron chi connectivity index (χ3n) is 4.35. The van der Waals surface area contributed by atoms with Gasteiger partial charge in [-0.15, -0.1) is 0 Å². The number of ketones is 1. The van der Waals surface area contributed by atoms with Crippen LogP contribution in [0.25, 0.3) is 0 Å². The van der Waals surface area contributed by atoms with Crippen LogP contribution in [-0.4, -0.2) is 40.3 Å². The van der Waals surface area contributed by atoms with Gasteiger partial charge in [-0.3, -0.25) is 14.4 Å². The van der Waals surface area contributed by atoms with E-state index >= 15 is 0 Å². The number of Topliss-reactive ketones (excluding diaryl/α,β-unsaturated/α-hetero) is 1. The molecule has 1 aliphatic rings. The summed E-state index contributed by atoms with van der Waals surface area (Å²) < 4.78 is 0. The summed E-state index contributed by atoms with van der Waals surface area (Å²) in [5.74, 6) is -0.845. The summed E-state index contributed by atoms with van der Waals surface area (Å²) in [5, 5.41) is 8.86. The highest BCUT2D eigenvalue weighted by Gasteiger charge is 2.27. The lowest BCUT2D eigenvalue weighted by molar-refractivity contribution is -0.137. The van der Waals surface area contributed by atoms with E-state index in [1.165, 1.54) is 0 Å². The molecule has 0 saturated carbocycles. The standard InChI is InChI=1S/C18H23NO4/c1-2-16(20)13-6-8-14(9-7-13)18(23)19-12-4-3-5-15(19)10-11-17(21)22/h6-9,15H,2-5,10-12H2,1H3,(H,21,22). The minimum absolute atomic E-state index is 0.00991. The predicted octanol–water partition coefficient (Wildman–Crippen LogP) is 3.14. The number of benzene rings is 1. The summed E-state index contributed by atoms with van der Waals surface area (Å²) in [6.45, 7) is 2.47. The van der Waals surface area contributed by atoms with E-state index in [1.807, 2.05) is 6.92 Å². The Balaban J connectivity index is 2.10. The van der Waals surface area contributed by atoms with Crippen molar-refractivity contribution in [3.8, 4) is 0 Å². The lowest BCUT2D eigenvalue weighted by atomic mass is 9.96. The molecule has 23 heavy (non-hydrogen) atoms. The Morgan fingerprint density at radius 3 is 2.39 bits per heavy atom. The van der Waals surface area contributed by atoms with Gasteiger partial charge in [-0.05, 0) is 37.8 Å². The molecule has 0 bridgehead atoms. The van der Waals surface area contributed by atoms with Crippen LogP contribution in [0, 0.1) is 0 Å². The molecule has 1 saturated heterocycles. The molecule has 1 amide bonds. The van der Waals surface area contributed by atoms with Gasteiger partial charge in [0.15, 0.2) is 5.78 Å². The van der Waals surface area contributed by atoms with Crippen LogP contribution in [-0.2, 0) is 4.79 Å². The molecule has 1 unspecified atom stereocenters. The van der Waals surface area contributed by atoms with Gasteiger partial charge in [-0.2, -0.15) is 0 Å². The molecule has 1 heterocycles. The van der Waals surface area contributed by atoms with Crippen LogP contribution in [0.1, 0.15) is 66.2 Å². The van der Waals surface area contributed by atoms with Crippen molar-refractivity contribution in [3.05, 3.63) is 35.4 Å². The molecule has 124 valence electrons. The molecular weight excluding hydrogens is 294 g/mol. The van der Waals surface area contributed by atoms with E-state index in [4.69, 9.17) is 5.11 Å². The fourth-order valence-corrected chi connectivity index (χ4v) is 3.03. The maximum absolute atomic E-state index is 12.7. The Labute approximate surface area is 136 Å². The molecule has 0 aromatic heterocycles. The van der Waals surface area contributed by atoms with Crippen molar-refractivity contribution in [1.82, 2.24) is 4.90 Å². The summed E-state index contributed by atoms with van der Waals surface area (Å²) >= 11 is 0. The number of hydrogen-bond donors (Lipinski definition) is 1. The fraction of sp³-hybridized carbons (Fsp3) is 0.500. The van der Waals surface area contributed by atoms with Crippen LogP contribution < -0.4 is 0 Å².